The summed E-state index contributed by atoms with van der Waals surface area (Å²) in [6, 6.07) is 12.1. The molecule has 0 amide bonds. The van der Waals surface area contributed by atoms with Crippen molar-refractivity contribution in [2.24, 2.45) is 5.92 Å². The molecular formula is C17H24N4. The lowest BCUT2D eigenvalue weighted by molar-refractivity contribution is 0.557. The normalized spacial score (nSPS) is 12.0. The maximum absolute atomic E-state index is 4.71. The Morgan fingerprint density at radius 3 is 2.52 bits per heavy atom. The lowest BCUT2D eigenvalue weighted by atomic mass is 10.1. The van der Waals surface area contributed by atoms with Crippen molar-refractivity contribution in [3.8, 4) is 11.4 Å². The first-order valence-electron chi connectivity index (χ1n) is 7.47. The Morgan fingerprint density at radius 1 is 1.19 bits per heavy atom. The highest BCUT2D eigenvalue weighted by Gasteiger charge is 2.11. The van der Waals surface area contributed by atoms with Gasteiger partial charge in [-0.2, -0.15) is 0 Å². The van der Waals surface area contributed by atoms with Crippen LogP contribution in [0, 0.1) is 5.92 Å². The highest BCUT2D eigenvalue weighted by molar-refractivity contribution is 5.61. The summed E-state index contributed by atoms with van der Waals surface area (Å²) in [5, 5.41) is 3.12. The van der Waals surface area contributed by atoms with E-state index in [2.05, 4.69) is 36.1 Å². The van der Waals surface area contributed by atoms with Gasteiger partial charge in [0.15, 0.2) is 5.82 Å². The summed E-state index contributed by atoms with van der Waals surface area (Å²) in [5.41, 5.74) is 1.03. The molecule has 4 heteroatoms. The summed E-state index contributed by atoms with van der Waals surface area (Å²) in [6.07, 6.45) is 1.17. The molecular weight excluding hydrogens is 260 g/mol. The molecule has 112 valence electrons. The van der Waals surface area contributed by atoms with Gasteiger partial charge in [0.2, 0.25) is 0 Å². The van der Waals surface area contributed by atoms with Crippen molar-refractivity contribution < 1.29 is 0 Å². The van der Waals surface area contributed by atoms with E-state index in [0.717, 1.165) is 29.6 Å². The molecule has 1 aromatic carbocycles. The molecule has 0 aliphatic carbocycles. The summed E-state index contributed by atoms with van der Waals surface area (Å²) in [4.78, 5) is 11.5. The van der Waals surface area contributed by atoms with Crippen LogP contribution in [-0.4, -0.2) is 30.6 Å². The first-order chi connectivity index (χ1) is 10.1. The van der Waals surface area contributed by atoms with Gasteiger partial charge in [-0.1, -0.05) is 50.6 Å². The van der Waals surface area contributed by atoms with Crippen molar-refractivity contribution in [2.75, 3.05) is 30.9 Å². The zero-order chi connectivity index (χ0) is 15.2. The number of nitrogens with zero attached hydrogens (tertiary/aromatic N) is 3. The van der Waals surface area contributed by atoms with E-state index in [0.29, 0.717) is 5.92 Å². The summed E-state index contributed by atoms with van der Waals surface area (Å²) < 4.78 is 0. The molecule has 0 bridgehead atoms. The Bertz CT molecular complexity index is 568. The van der Waals surface area contributed by atoms with E-state index in [1.807, 2.05) is 43.4 Å². The molecule has 0 aliphatic rings. The fourth-order valence-corrected chi connectivity index (χ4v) is 2.16. The maximum atomic E-state index is 4.71. The molecule has 21 heavy (non-hydrogen) atoms. The molecule has 0 fully saturated rings. The minimum atomic E-state index is 0.642. The molecule has 2 aromatic rings. The number of aromatic nitrogens is 2. The van der Waals surface area contributed by atoms with Crippen LogP contribution >= 0.6 is 0 Å². The lowest BCUT2D eigenvalue weighted by Crippen LogP contribution is -2.25. The molecule has 2 rings (SSSR count). The van der Waals surface area contributed by atoms with Crippen LogP contribution in [0.2, 0.25) is 0 Å². The van der Waals surface area contributed by atoms with E-state index < -0.39 is 0 Å². The van der Waals surface area contributed by atoms with Crippen LogP contribution in [0.15, 0.2) is 36.4 Å². The molecule has 0 spiro atoms. The average molecular weight is 284 g/mol. The molecule has 1 atom stereocenters. The monoisotopic (exact) mass is 284 g/mol. The molecule has 1 unspecified atom stereocenters. The van der Waals surface area contributed by atoms with E-state index in [9.17, 15) is 0 Å². The average Bonchev–Trinajstić information content (AvgIpc) is 2.54. The van der Waals surface area contributed by atoms with Crippen LogP contribution in [0.25, 0.3) is 11.4 Å². The predicted molar refractivity (Wildman–Crippen MR) is 89.7 cm³/mol. The van der Waals surface area contributed by atoms with Gasteiger partial charge < -0.3 is 10.2 Å². The second kappa shape index (κ2) is 7.07. The number of nitrogens with one attached hydrogen (secondary N) is 1. The van der Waals surface area contributed by atoms with E-state index in [1.165, 1.54) is 6.42 Å². The van der Waals surface area contributed by atoms with E-state index in [-0.39, 0.29) is 0 Å². The summed E-state index contributed by atoms with van der Waals surface area (Å²) in [5.74, 6) is 3.19. The third kappa shape index (κ3) is 3.94. The zero-order valence-corrected chi connectivity index (χ0v) is 13.3. The Kier molecular flexibility index (Phi) is 5.14. The summed E-state index contributed by atoms with van der Waals surface area (Å²) in [6.45, 7) is 5.46. The van der Waals surface area contributed by atoms with E-state index in [1.54, 1.807) is 0 Å². The summed E-state index contributed by atoms with van der Waals surface area (Å²) in [7, 11) is 3.97. The number of anilines is 2. The molecule has 1 aromatic heterocycles. The molecule has 4 nitrogen and oxygen atoms in total. The molecule has 0 aliphatic heterocycles. The fraction of sp³-hybridized carbons (Fsp3) is 0.412. The summed E-state index contributed by atoms with van der Waals surface area (Å²) >= 11 is 0. The second-order valence-electron chi connectivity index (χ2n) is 5.44. The maximum Gasteiger partial charge on any atom is 0.163 e. The van der Waals surface area contributed by atoms with Gasteiger partial charge in [-0.05, 0) is 5.92 Å². The SMILES string of the molecule is CCC(C)CN(C)c1cc(NC)nc(-c2ccccc2)n1. The Hall–Kier alpha value is -2.10. The van der Waals surface area contributed by atoms with E-state index >= 15 is 0 Å². The van der Waals surface area contributed by atoms with Crippen molar-refractivity contribution in [1.82, 2.24) is 9.97 Å². The fourth-order valence-electron chi connectivity index (χ4n) is 2.16. The number of hydrogen-bond donors (Lipinski definition) is 1. The van der Waals surface area contributed by atoms with Gasteiger partial charge >= 0.3 is 0 Å². The van der Waals surface area contributed by atoms with Crippen LogP contribution in [-0.2, 0) is 0 Å². The van der Waals surface area contributed by atoms with Gasteiger partial charge in [-0.15, -0.1) is 0 Å². The molecule has 0 saturated carbocycles. The van der Waals surface area contributed by atoms with Crippen LogP contribution < -0.4 is 10.2 Å². The third-order valence-corrected chi connectivity index (χ3v) is 3.67. The van der Waals surface area contributed by atoms with Crippen molar-refractivity contribution in [1.29, 1.82) is 0 Å². The number of rotatable bonds is 6. The first-order valence-corrected chi connectivity index (χ1v) is 7.47. The Morgan fingerprint density at radius 2 is 1.90 bits per heavy atom. The minimum Gasteiger partial charge on any atom is -0.373 e. The van der Waals surface area contributed by atoms with Gasteiger partial charge in [0.1, 0.15) is 11.6 Å². The highest BCUT2D eigenvalue weighted by atomic mass is 15.2. The van der Waals surface area contributed by atoms with Crippen molar-refractivity contribution >= 4 is 11.6 Å². The Labute approximate surface area is 127 Å². The molecule has 1 N–H and O–H groups in total. The minimum absolute atomic E-state index is 0.642. The van der Waals surface area contributed by atoms with Crippen LogP contribution in [0.3, 0.4) is 0 Å². The second-order valence-corrected chi connectivity index (χ2v) is 5.44. The van der Waals surface area contributed by atoms with Gasteiger partial charge in [0, 0.05) is 32.3 Å². The number of benzene rings is 1. The predicted octanol–water partition coefficient (Wildman–Crippen LogP) is 3.67. The van der Waals surface area contributed by atoms with Crippen LogP contribution in [0.5, 0.6) is 0 Å². The third-order valence-electron chi connectivity index (χ3n) is 3.67. The zero-order valence-electron chi connectivity index (χ0n) is 13.3. The van der Waals surface area contributed by atoms with Crippen molar-refractivity contribution in [2.45, 2.75) is 20.3 Å². The molecule has 1 heterocycles. The van der Waals surface area contributed by atoms with Crippen LogP contribution in [0.1, 0.15) is 20.3 Å². The topological polar surface area (TPSA) is 41.0 Å². The van der Waals surface area contributed by atoms with Crippen LogP contribution in [0.4, 0.5) is 11.6 Å². The van der Waals surface area contributed by atoms with E-state index in [4.69, 9.17) is 4.98 Å². The largest absolute Gasteiger partial charge is 0.373 e. The smallest absolute Gasteiger partial charge is 0.163 e. The highest BCUT2D eigenvalue weighted by Crippen LogP contribution is 2.22. The van der Waals surface area contributed by atoms with Crippen molar-refractivity contribution in [3.05, 3.63) is 36.4 Å². The Balaban J connectivity index is 2.34. The molecule has 0 saturated heterocycles. The quantitative estimate of drug-likeness (QED) is 0.878. The lowest BCUT2D eigenvalue weighted by Gasteiger charge is -2.22. The number of hydrogen-bond acceptors (Lipinski definition) is 4. The van der Waals surface area contributed by atoms with Gasteiger partial charge in [-0.25, -0.2) is 9.97 Å². The first kappa shape index (κ1) is 15.3. The standard InChI is InChI=1S/C17H24N4/c1-5-13(2)12-21(4)16-11-15(18-3)19-17(20-16)14-9-7-6-8-10-14/h6-11,13H,5,12H2,1-4H3,(H,18,19,20). The van der Waals surface area contributed by atoms with Crippen molar-refractivity contribution in [3.63, 3.8) is 0 Å². The van der Waals surface area contributed by atoms with Gasteiger partial charge in [0.25, 0.3) is 0 Å². The van der Waals surface area contributed by atoms with Gasteiger partial charge in [-0.3, -0.25) is 0 Å². The molecule has 0 radical (unpaired) electrons. The van der Waals surface area contributed by atoms with Gasteiger partial charge in [0.05, 0.1) is 0 Å².